The maximum Gasteiger partial charge on any atom is 0.0916 e. The maximum absolute atomic E-state index is 5.74. The van der Waals surface area contributed by atoms with Crippen molar-refractivity contribution in [3.8, 4) is 0 Å². The Bertz CT molecular complexity index is 640. The van der Waals surface area contributed by atoms with E-state index in [2.05, 4.69) is 9.97 Å². The van der Waals surface area contributed by atoms with Crippen LogP contribution < -0.4 is 11.5 Å². The van der Waals surface area contributed by atoms with Crippen LogP contribution in [-0.4, -0.2) is 9.97 Å². The van der Waals surface area contributed by atoms with Crippen molar-refractivity contribution < 1.29 is 0 Å². The molecule has 0 fully saturated rings. The van der Waals surface area contributed by atoms with Crippen molar-refractivity contribution >= 4 is 58.3 Å². The average molecular weight is 283 g/mol. The summed E-state index contributed by atoms with van der Waals surface area (Å²) in [5.41, 5.74) is 15.8. The summed E-state index contributed by atoms with van der Waals surface area (Å²) < 4.78 is 0. The molecule has 0 aliphatic heterocycles. The molecule has 3 aromatic rings. The Kier molecular flexibility index (Phi) is 4.16. The van der Waals surface area contributed by atoms with Crippen molar-refractivity contribution in [1.29, 1.82) is 0 Å². The molecule has 0 saturated carbocycles. The summed E-state index contributed by atoms with van der Waals surface area (Å²) in [6, 6.07) is 11.2. The Balaban J connectivity index is 0.000000810. The second-order valence-corrected chi connectivity index (χ2v) is 3.68. The lowest BCUT2D eigenvalue weighted by atomic mass is 10.2. The zero-order valence-corrected chi connectivity index (χ0v) is 11.0. The highest BCUT2D eigenvalue weighted by Gasteiger charge is 2.03. The maximum atomic E-state index is 5.74. The van der Waals surface area contributed by atoms with Crippen LogP contribution in [0.25, 0.3) is 22.1 Å². The number of hydrogen-bond donors (Lipinski definition) is 2. The van der Waals surface area contributed by atoms with Gasteiger partial charge in [-0.25, -0.2) is 9.97 Å². The highest BCUT2D eigenvalue weighted by Crippen LogP contribution is 2.22. The van der Waals surface area contributed by atoms with Gasteiger partial charge in [0.25, 0.3) is 0 Å². The predicted molar refractivity (Wildman–Crippen MR) is 80.4 cm³/mol. The van der Waals surface area contributed by atoms with Gasteiger partial charge in [-0.3, -0.25) is 0 Å². The molecule has 0 radical (unpaired) electrons. The molecule has 18 heavy (non-hydrogen) atoms. The van der Waals surface area contributed by atoms with Crippen LogP contribution >= 0.6 is 24.8 Å². The minimum absolute atomic E-state index is 0. The van der Waals surface area contributed by atoms with E-state index >= 15 is 0 Å². The lowest BCUT2D eigenvalue weighted by molar-refractivity contribution is 1.40. The first-order valence-corrected chi connectivity index (χ1v) is 4.95. The van der Waals surface area contributed by atoms with Gasteiger partial charge in [-0.15, -0.1) is 24.8 Å². The van der Waals surface area contributed by atoms with Gasteiger partial charge in [-0.2, -0.15) is 0 Å². The molecule has 3 rings (SSSR count). The molecule has 0 amide bonds. The lowest BCUT2D eigenvalue weighted by Crippen LogP contribution is -1.96. The number of nitrogens with two attached hydrogens (primary N) is 2. The summed E-state index contributed by atoms with van der Waals surface area (Å²) in [7, 11) is 0. The molecule has 4 N–H and O–H groups in total. The molecule has 0 aliphatic rings. The number of nitrogen functional groups attached to an aromatic ring is 2. The summed E-state index contributed by atoms with van der Waals surface area (Å²) >= 11 is 0. The first-order chi connectivity index (χ1) is 7.74. The van der Waals surface area contributed by atoms with Crippen LogP contribution in [-0.2, 0) is 0 Å². The standard InChI is InChI=1S/C12H10N4.2ClH/c13-7-5-11-12(6-8(7)14)16-10-4-2-1-3-9(10)15-11;;/h1-6H,13-14H2;2*1H. The Hall–Kier alpha value is -1.78. The van der Waals surface area contributed by atoms with Crippen LogP contribution in [0.3, 0.4) is 0 Å². The monoisotopic (exact) mass is 282 g/mol. The number of hydrogen-bond acceptors (Lipinski definition) is 4. The fraction of sp³-hybridized carbons (Fsp3) is 0. The Morgan fingerprint density at radius 1 is 0.667 bits per heavy atom. The van der Waals surface area contributed by atoms with E-state index < -0.39 is 0 Å². The van der Waals surface area contributed by atoms with E-state index in [-0.39, 0.29) is 24.8 Å². The molecule has 2 aromatic carbocycles. The van der Waals surface area contributed by atoms with Crippen LogP contribution in [0.15, 0.2) is 36.4 Å². The molecule has 0 saturated heterocycles. The molecular formula is C12H12Cl2N4. The van der Waals surface area contributed by atoms with E-state index in [0.29, 0.717) is 11.4 Å². The zero-order valence-electron chi connectivity index (χ0n) is 9.33. The summed E-state index contributed by atoms with van der Waals surface area (Å²) in [6.07, 6.45) is 0. The number of halogens is 2. The van der Waals surface area contributed by atoms with Crippen molar-refractivity contribution in [2.75, 3.05) is 11.5 Å². The quantitative estimate of drug-likeness (QED) is 0.491. The van der Waals surface area contributed by atoms with Crippen LogP contribution in [0, 0.1) is 0 Å². The molecule has 0 spiro atoms. The minimum atomic E-state index is 0. The molecule has 0 aliphatic carbocycles. The summed E-state index contributed by atoms with van der Waals surface area (Å²) in [4.78, 5) is 8.96. The Morgan fingerprint density at radius 2 is 1.06 bits per heavy atom. The molecule has 0 unspecified atom stereocenters. The van der Waals surface area contributed by atoms with E-state index in [1.807, 2.05) is 24.3 Å². The normalized spacial score (nSPS) is 9.78. The first-order valence-electron chi connectivity index (χ1n) is 4.95. The smallest absolute Gasteiger partial charge is 0.0916 e. The molecule has 1 aromatic heterocycles. The second-order valence-electron chi connectivity index (χ2n) is 3.68. The van der Waals surface area contributed by atoms with Gasteiger partial charge < -0.3 is 11.5 Å². The summed E-state index contributed by atoms with van der Waals surface area (Å²) in [5, 5.41) is 0. The van der Waals surface area contributed by atoms with Crippen molar-refractivity contribution in [1.82, 2.24) is 9.97 Å². The minimum Gasteiger partial charge on any atom is -0.397 e. The third-order valence-corrected chi connectivity index (χ3v) is 2.54. The number of rotatable bonds is 0. The lowest BCUT2D eigenvalue weighted by Gasteiger charge is -2.04. The molecule has 94 valence electrons. The third-order valence-electron chi connectivity index (χ3n) is 2.54. The summed E-state index contributed by atoms with van der Waals surface area (Å²) in [5.74, 6) is 0. The number of para-hydroxylation sites is 2. The Labute approximate surface area is 116 Å². The number of aromatic nitrogens is 2. The molecule has 0 bridgehead atoms. The number of nitrogens with zero attached hydrogens (tertiary/aromatic N) is 2. The topological polar surface area (TPSA) is 77.8 Å². The molecule has 1 heterocycles. The van der Waals surface area contributed by atoms with Crippen molar-refractivity contribution in [3.05, 3.63) is 36.4 Å². The van der Waals surface area contributed by atoms with Crippen LogP contribution in [0.4, 0.5) is 11.4 Å². The van der Waals surface area contributed by atoms with Gasteiger partial charge in [0.1, 0.15) is 0 Å². The number of fused-ring (bicyclic) bond motifs is 2. The SMILES string of the molecule is Cl.Cl.Nc1cc2nc3ccccc3nc2cc1N. The van der Waals surface area contributed by atoms with Gasteiger partial charge in [-0.05, 0) is 24.3 Å². The van der Waals surface area contributed by atoms with E-state index in [1.54, 1.807) is 12.1 Å². The highest BCUT2D eigenvalue weighted by molar-refractivity contribution is 5.91. The zero-order chi connectivity index (χ0) is 11.1. The van der Waals surface area contributed by atoms with Crippen LogP contribution in [0.2, 0.25) is 0 Å². The fourth-order valence-corrected chi connectivity index (χ4v) is 1.70. The van der Waals surface area contributed by atoms with Gasteiger partial charge in [0.15, 0.2) is 0 Å². The van der Waals surface area contributed by atoms with Crippen LogP contribution in [0.1, 0.15) is 0 Å². The van der Waals surface area contributed by atoms with Crippen molar-refractivity contribution in [3.63, 3.8) is 0 Å². The van der Waals surface area contributed by atoms with Gasteiger partial charge >= 0.3 is 0 Å². The Morgan fingerprint density at radius 3 is 1.44 bits per heavy atom. The second kappa shape index (κ2) is 5.25. The van der Waals surface area contributed by atoms with Crippen molar-refractivity contribution in [2.45, 2.75) is 0 Å². The number of benzene rings is 2. The van der Waals surface area contributed by atoms with Gasteiger partial charge in [0.05, 0.1) is 33.4 Å². The molecule has 0 atom stereocenters. The molecular weight excluding hydrogens is 271 g/mol. The average Bonchev–Trinajstić information content (AvgIpc) is 2.28. The van der Waals surface area contributed by atoms with E-state index in [1.165, 1.54) is 0 Å². The predicted octanol–water partition coefficient (Wildman–Crippen LogP) is 2.79. The van der Waals surface area contributed by atoms with E-state index in [9.17, 15) is 0 Å². The highest BCUT2D eigenvalue weighted by atomic mass is 35.5. The van der Waals surface area contributed by atoms with Gasteiger partial charge in [0, 0.05) is 0 Å². The largest absolute Gasteiger partial charge is 0.397 e. The van der Waals surface area contributed by atoms with Gasteiger partial charge in [0.2, 0.25) is 0 Å². The number of anilines is 2. The molecule has 4 nitrogen and oxygen atoms in total. The van der Waals surface area contributed by atoms with Crippen LogP contribution in [0.5, 0.6) is 0 Å². The van der Waals surface area contributed by atoms with Crippen molar-refractivity contribution in [2.24, 2.45) is 0 Å². The fourth-order valence-electron chi connectivity index (χ4n) is 1.70. The first kappa shape index (κ1) is 14.3. The van der Waals surface area contributed by atoms with Gasteiger partial charge in [-0.1, -0.05) is 12.1 Å². The third kappa shape index (κ3) is 2.25. The van der Waals surface area contributed by atoms with E-state index in [0.717, 1.165) is 22.1 Å². The van der Waals surface area contributed by atoms with E-state index in [4.69, 9.17) is 11.5 Å². The summed E-state index contributed by atoms with van der Waals surface area (Å²) in [6.45, 7) is 0. The molecule has 6 heteroatoms.